The molecule has 114 valence electrons. The lowest BCUT2D eigenvalue weighted by atomic mass is 10.1. The summed E-state index contributed by atoms with van der Waals surface area (Å²) in [5.74, 6) is 1.02. The maximum absolute atomic E-state index is 8.97. The minimum Gasteiger partial charge on any atom is -0.496 e. The Morgan fingerprint density at radius 1 is 1.13 bits per heavy atom. The van der Waals surface area contributed by atoms with E-state index in [9.17, 15) is 0 Å². The number of hydrogen-bond acceptors (Lipinski definition) is 6. The molecule has 2 aromatic carbocycles. The van der Waals surface area contributed by atoms with Crippen LogP contribution in [0.2, 0.25) is 0 Å². The Bertz CT molecular complexity index is 838. The third-order valence-electron chi connectivity index (χ3n) is 3.19. The predicted octanol–water partition coefficient (Wildman–Crippen LogP) is 3.20. The molecule has 0 amide bonds. The number of aromatic nitrogens is 2. The van der Waals surface area contributed by atoms with Gasteiger partial charge in [-0.05, 0) is 30.3 Å². The Balaban J connectivity index is 1.74. The van der Waals surface area contributed by atoms with E-state index in [1.165, 1.54) is 0 Å². The molecule has 6 heteroatoms. The lowest BCUT2D eigenvalue weighted by Crippen LogP contribution is -1.99. The highest BCUT2D eigenvalue weighted by molar-refractivity contribution is 5.51. The van der Waals surface area contributed by atoms with Gasteiger partial charge in [-0.3, -0.25) is 0 Å². The molecule has 3 rings (SSSR count). The highest BCUT2D eigenvalue weighted by Gasteiger charge is 2.11. The van der Waals surface area contributed by atoms with E-state index in [1.54, 1.807) is 25.3 Å². The molecule has 1 aromatic heterocycles. The fraction of sp³-hybridized carbons (Fsp3) is 0.118. The molecular weight excluding hydrogens is 294 g/mol. The van der Waals surface area contributed by atoms with Crippen LogP contribution in [-0.4, -0.2) is 17.3 Å². The standard InChI is InChI=1S/C17H13N3O3/c1-21-15-8-7-12(10-18)9-14(15)11-22-17-20-19-16(23-17)13-5-3-2-4-6-13/h2-9H,11H2,1H3. The van der Waals surface area contributed by atoms with Crippen LogP contribution in [0.1, 0.15) is 11.1 Å². The smallest absolute Gasteiger partial charge is 0.415 e. The van der Waals surface area contributed by atoms with Gasteiger partial charge in [-0.1, -0.05) is 23.3 Å². The zero-order chi connectivity index (χ0) is 16.1. The van der Waals surface area contributed by atoms with E-state index in [0.717, 1.165) is 11.1 Å². The molecule has 0 unspecified atom stereocenters. The third kappa shape index (κ3) is 3.30. The van der Waals surface area contributed by atoms with E-state index in [4.69, 9.17) is 19.2 Å². The van der Waals surface area contributed by atoms with Crippen molar-refractivity contribution in [1.29, 1.82) is 5.26 Å². The van der Waals surface area contributed by atoms with Gasteiger partial charge >= 0.3 is 6.08 Å². The summed E-state index contributed by atoms with van der Waals surface area (Å²) in [7, 11) is 1.56. The summed E-state index contributed by atoms with van der Waals surface area (Å²) in [5.41, 5.74) is 2.07. The molecule has 0 atom stereocenters. The second kappa shape index (κ2) is 6.62. The lowest BCUT2D eigenvalue weighted by Gasteiger charge is -2.08. The summed E-state index contributed by atoms with van der Waals surface area (Å²) in [6.07, 6.45) is 0.0632. The van der Waals surface area contributed by atoms with Crippen molar-refractivity contribution in [2.75, 3.05) is 7.11 Å². The molecule has 0 spiro atoms. The Hall–Kier alpha value is -3.33. The number of benzene rings is 2. The van der Waals surface area contributed by atoms with Crippen LogP contribution in [0.15, 0.2) is 52.9 Å². The van der Waals surface area contributed by atoms with Gasteiger partial charge in [0.15, 0.2) is 0 Å². The molecule has 0 aliphatic rings. The van der Waals surface area contributed by atoms with Crippen molar-refractivity contribution in [3.8, 4) is 29.3 Å². The monoisotopic (exact) mass is 307 g/mol. The normalized spacial score (nSPS) is 10.1. The molecule has 0 aliphatic heterocycles. The number of nitrogens with zero attached hydrogens (tertiary/aromatic N) is 3. The predicted molar refractivity (Wildman–Crippen MR) is 81.8 cm³/mol. The van der Waals surface area contributed by atoms with E-state index in [0.29, 0.717) is 17.2 Å². The molecule has 23 heavy (non-hydrogen) atoms. The van der Waals surface area contributed by atoms with Crippen molar-refractivity contribution in [3.63, 3.8) is 0 Å². The second-order valence-electron chi connectivity index (χ2n) is 4.67. The van der Waals surface area contributed by atoms with Gasteiger partial charge in [0, 0.05) is 11.1 Å². The van der Waals surface area contributed by atoms with E-state index >= 15 is 0 Å². The van der Waals surface area contributed by atoms with Crippen LogP contribution in [0.3, 0.4) is 0 Å². The average molecular weight is 307 g/mol. The summed E-state index contributed by atoms with van der Waals surface area (Å²) in [5, 5.41) is 16.8. The Kier molecular flexibility index (Phi) is 4.20. The van der Waals surface area contributed by atoms with E-state index < -0.39 is 0 Å². The number of ether oxygens (including phenoxy) is 2. The van der Waals surface area contributed by atoms with E-state index in [2.05, 4.69) is 16.3 Å². The van der Waals surface area contributed by atoms with Crippen LogP contribution in [0.4, 0.5) is 0 Å². The van der Waals surface area contributed by atoms with Crippen molar-refractivity contribution < 1.29 is 13.9 Å². The largest absolute Gasteiger partial charge is 0.496 e. The highest BCUT2D eigenvalue weighted by atomic mass is 16.6. The lowest BCUT2D eigenvalue weighted by molar-refractivity contribution is 0.218. The first-order valence-electron chi connectivity index (χ1n) is 6.89. The minimum absolute atomic E-state index is 0.0632. The van der Waals surface area contributed by atoms with Crippen molar-refractivity contribution >= 4 is 0 Å². The van der Waals surface area contributed by atoms with Gasteiger partial charge in [-0.25, -0.2) is 0 Å². The number of hydrogen-bond donors (Lipinski definition) is 0. The number of rotatable bonds is 5. The van der Waals surface area contributed by atoms with Crippen LogP contribution >= 0.6 is 0 Å². The zero-order valence-electron chi connectivity index (χ0n) is 12.4. The summed E-state index contributed by atoms with van der Waals surface area (Å²) in [4.78, 5) is 0. The van der Waals surface area contributed by atoms with Crippen molar-refractivity contribution in [1.82, 2.24) is 10.2 Å². The molecule has 0 N–H and O–H groups in total. The SMILES string of the molecule is COc1ccc(C#N)cc1COc1nnc(-c2ccccc2)o1. The molecule has 0 saturated heterocycles. The fourth-order valence-electron chi connectivity index (χ4n) is 2.07. The first-order valence-corrected chi connectivity index (χ1v) is 6.89. The first kappa shape index (κ1) is 14.6. The van der Waals surface area contributed by atoms with Gasteiger partial charge in [0.05, 0.1) is 18.7 Å². The first-order chi connectivity index (χ1) is 11.3. The van der Waals surface area contributed by atoms with Gasteiger partial charge in [0.25, 0.3) is 5.89 Å². The molecule has 0 bridgehead atoms. The van der Waals surface area contributed by atoms with Crippen molar-refractivity contribution in [2.24, 2.45) is 0 Å². The molecule has 0 fully saturated rings. The minimum atomic E-state index is 0.0632. The third-order valence-corrected chi connectivity index (χ3v) is 3.19. The molecule has 1 heterocycles. The summed E-state index contributed by atoms with van der Waals surface area (Å²) >= 11 is 0. The fourth-order valence-corrected chi connectivity index (χ4v) is 2.07. The Morgan fingerprint density at radius 2 is 1.96 bits per heavy atom. The summed E-state index contributed by atoms with van der Waals surface area (Å²) in [6, 6.07) is 16.6. The zero-order valence-corrected chi connectivity index (χ0v) is 12.4. The topological polar surface area (TPSA) is 81.2 Å². The molecule has 6 nitrogen and oxygen atoms in total. The summed E-state index contributed by atoms with van der Waals surface area (Å²) in [6.45, 7) is 0.162. The van der Waals surface area contributed by atoms with Crippen molar-refractivity contribution in [3.05, 3.63) is 59.7 Å². The van der Waals surface area contributed by atoms with Gasteiger partial charge in [-0.15, -0.1) is 5.10 Å². The molecule has 3 aromatic rings. The van der Waals surface area contributed by atoms with Crippen molar-refractivity contribution in [2.45, 2.75) is 6.61 Å². The molecule has 0 aliphatic carbocycles. The van der Waals surface area contributed by atoms with Gasteiger partial charge in [0.2, 0.25) is 0 Å². The summed E-state index contributed by atoms with van der Waals surface area (Å²) < 4.78 is 16.2. The van der Waals surface area contributed by atoms with E-state index in [-0.39, 0.29) is 12.7 Å². The molecular formula is C17H13N3O3. The molecule has 0 saturated carbocycles. The Labute approximate surface area is 132 Å². The highest BCUT2D eigenvalue weighted by Crippen LogP contribution is 2.24. The number of nitriles is 1. The van der Waals surface area contributed by atoms with Gasteiger partial charge in [0.1, 0.15) is 12.4 Å². The average Bonchev–Trinajstić information content (AvgIpc) is 3.09. The van der Waals surface area contributed by atoms with Gasteiger partial charge < -0.3 is 13.9 Å². The maximum atomic E-state index is 8.97. The van der Waals surface area contributed by atoms with Crippen LogP contribution in [0.25, 0.3) is 11.5 Å². The second-order valence-corrected chi connectivity index (χ2v) is 4.67. The number of methoxy groups -OCH3 is 1. The quantitative estimate of drug-likeness (QED) is 0.720. The maximum Gasteiger partial charge on any atom is 0.415 e. The Morgan fingerprint density at radius 3 is 2.70 bits per heavy atom. The van der Waals surface area contributed by atoms with E-state index in [1.807, 2.05) is 30.3 Å². The van der Waals surface area contributed by atoms with Crippen LogP contribution < -0.4 is 9.47 Å². The molecule has 0 radical (unpaired) electrons. The van der Waals surface area contributed by atoms with Crippen LogP contribution in [-0.2, 0) is 6.61 Å². The van der Waals surface area contributed by atoms with Crippen LogP contribution in [0.5, 0.6) is 11.8 Å². The van der Waals surface area contributed by atoms with Gasteiger partial charge in [-0.2, -0.15) is 5.26 Å². The van der Waals surface area contributed by atoms with Crippen LogP contribution in [0, 0.1) is 11.3 Å².